The average molecular weight is 463 g/mol. The maximum Gasteiger partial charge on any atom is 0.335 e. The molecule has 0 aromatic heterocycles. The molecule has 1 saturated heterocycles. The van der Waals surface area contributed by atoms with Crippen molar-refractivity contribution in [1.82, 2.24) is 5.32 Å². The minimum absolute atomic E-state index is 0.195. The van der Waals surface area contributed by atoms with Crippen molar-refractivity contribution in [2.45, 2.75) is 6.61 Å². The van der Waals surface area contributed by atoms with Crippen LogP contribution in [0.15, 0.2) is 78.4 Å². The van der Waals surface area contributed by atoms with Gasteiger partial charge in [-0.05, 0) is 42.5 Å². The zero-order valence-electron chi connectivity index (χ0n) is 17.6. The summed E-state index contributed by atoms with van der Waals surface area (Å²) < 4.78 is 11.0. The van der Waals surface area contributed by atoms with Gasteiger partial charge in [-0.15, -0.1) is 0 Å². The number of methoxy groups -OCH3 is 1. The summed E-state index contributed by atoms with van der Waals surface area (Å²) >= 11 is 6.20. The molecule has 7 nitrogen and oxygen atoms in total. The Labute approximate surface area is 195 Å². The highest BCUT2D eigenvalue weighted by Gasteiger charge is 2.37. The second-order valence-electron chi connectivity index (χ2n) is 7.07. The molecule has 0 spiro atoms. The molecule has 8 heteroatoms. The third-order valence-electron chi connectivity index (χ3n) is 4.99. The van der Waals surface area contributed by atoms with Crippen LogP contribution in [0.5, 0.6) is 11.5 Å². The number of para-hydroxylation sites is 1. The van der Waals surface area contributed by atoms with Crippen LogP contribution in [0.3, 0.4) is 0 Å². The van der Waals surface area contributed by atoms with Gasteiger partial charge in [0.05, 0.1) is 12.8 Å². The molecule has 1 fully saturated rings. The quantitative estimate of drug-likeness (QED) is 0.427. The molecule has 33 heavy (non-hydrogen) atoms. The molecule has 1 aliphatic rings. The van der Waals surface area contributed by atoms with Gasteiger partial charge in [-0.3, -0.25) is 14.9 Å². The van der Waals surface area contributed by atoms with Gasteiger partial charge in [-0.1, -0.05) is 48.0 Å². The van der Waals surface area contributed by atoms with Gasteiger partial charge in [0.25, 0.3) is 11.8 Å². The number of hydrogen-bond donors (Lipinski definition) is 1. The van der Waals surface area contributed by atoms with Crippen molar-refractivity contribution in [1.29, 1.82) is 0 Å². The number of nitrogens with zero attached hydrogens (tertiary/aromatic N) is 1. The van der Waals surface area contributed by atoms with Gasteiger partial charge < -0.3 is 9.47 Å². The predicted octanol–water partition coefficient (Wildman–Crippen LogP) is 4.59. The molecule has 1 N–H and O–H groups in total. The summed E-state index contributed by atoms with van der Waals surface area (Å²) in [5.41, 5.74) is 1.41. The van der Waals surface area contributed by atoms with Crippen molar-refractivity contribution in [3.8, 4) is 11.5 Å². The Hall–Kier alpha value is -4.10. The Kier molecular flexibility index (Phi) is 6.42. The van der Waals surface area contributed by atoms with Crippen LogP contribution in [-0.2, 0) is 16.2 Å². The summed E-state index contributed by atoms with van der Waals surface area (Å²) in [7, 11) is 1.51. The summed E-state index contributed by atoms with van der Waals surface area (Å²) in [6, 6.07) is 19.8. The third-order valence-corrected chi connectivity index (χ3v) is 5.36. The number of halogens is 1. The van der Waals surface area contributed by atoms with E-state index in [1.165, 1.54) is 13.2 Å². The summed E-state index contributed by atoms with van der Waals surface area (Å²) in [5, 5.41) is 2.78. The summed E-state index contributed by atoms with van der Waals surface area (Å²) in [6.07, 6.45) is 1.41. The monoisotopic (exact) mass is 462 g/mol. The number of imide groups is 2. The van der Waals surface area contributed by atoms with E-state index in [9.17, 15) is 14.4 Å². The van der Waals surface area contributed by atoms with Crippen LogP contribution in [0, 0.1) is 0 Å². The fourth-order valence-electron chi connectivity index (χ4n) is 3.28. The molecule has 0 unspecified atom stereocenters. The van der Waals surface area contributed by atoms with E-state index >= 15 is 0 Å². The van der Waals surface area contributed by atoms with Gasteiger partial charge in [0.15, 0.2) is 0 Å². The minimum atomic E-state index is -0.824. The minimum Gasteiger partial charge on any atom is -0.497 e. The van der Waals surface area contributed by atoms with Crippen LogP contribution in [0.2, 0.25) is 5.02 Å². The van der Waals surface area contributed by atoms with Crippen LogP contribution in [0.25, 0.3) is 6.08 Å². The highest BCUT2D eigenvalue weighted by Crippen LogP contribution is 2.27. The Morgan fingerprint density at radius 1 is 0.939 bits per heavy atom. The maximum absolute atomic E-state index is 13.1. The van der Waals surface area contributed by atoms with Gasteiger partial charge in [-0.25, -0.2) is 9.69 Å². The number of carbonyl (C=O) groups excluding carboxylic acids is 3. The van der Waals surface area contributed by atoms with Crippen molar-refractivity contribution in [3.63, 3.8) is 0 Å². The van der Waals surface area contributed by atoms with Crippen LogP contribution in [0.4, 0.5) is 10.5 Å². The second-order valence-corrected chi connectivity index (χ2v) is 7.48. The SMILES string of the molecule is COc1ccc(N2C(=O)NC(=O)/C(=C\c3ccccc3OCc3ccccc3Cl)C2=O)cc1. The van der Waals surface area contributed by atoms with Crippen molar-refractivity contribution >= 4 is 41.2 Å². The molecule has 0 saturated carbocycles. The van der Waals surface area contributed by atoms with Crippen LogP contribution >= 0.6 is 11.6 Å². The number of nitrogens with one attached hydrogen (secondary N) is 1. The fraction of sp³-hybridized carbons (Fsp3) is 0.0800. The lowest BCUT2D eigenvalue weighted by Gasteiger charge is -2.26. The van der Waals surface area contributed by atoms with Crippen molar-refractivity contribution in [2.24, 2.45) is 0 Å². The van der Waals surface area contributed by atoms with Gasteiger partial charge in [0.1, 0.15) is 23.7 Å². The smallest absolute Gasteiger partial charge is 0.335 e. The first kappa shape index (κ1) is 22.1. The number of barbiturate groups is 1. The molecule has 0 aliphatic carbocycles. The van der Waals surface area contributed by atoms with E-state index in [1.54, 1.807) is 54.6 Å². The molecule has 4 rings (SSSR count). The number of hydrogen-bond acceptors (Lipinski definition) is 5. The lowest BCUT2D eigenvalue weighted by molar-refractivity contribution is -0.122. The van der Waals surface area contributed by atoms with Gasteiger partial charge in [0.2, 0.25) is 0 Å². The third kappa shape index (κ3) is 4.73. The lowest BCUT2D eigenvalue weighted by atomic mass is 10.1. The number of ether oxygens (including phenoxy) is 2. The average Bonchev–Trinajstić information content (AvgIpc) is 2.82. The highest BCUT2D eigenvalue weighted by molar-refractivity contribution is 6.39. The summed E-state index contributed by atoms with van der Waals surface area (Å²) in [4.78, 5) is 38.9. The number of urea groups is 1. The molecule has 3 aromatic carbocycles. The molecule has 0 bridgehead atoms. The van der Waals surface area contributed by atoms with E-state index in [-0.39, 0.29) is 12.2 Å². The standard InChI is InChI=1S/C25H19ClN2O5/c1-32-19-12-10-18(11-13-19)28-24(30)20(23(29)27-25(28)31)14-16-6-3-5-9-22(16)33-15-17-7-2-4-8-21(17)26/h2-14H,15H2,1H3,(H,27,29,31)/b20-14+. The first-order chi connectivity index (χ1) is 16.0. The van der Waals surface area contributed by atoms with E-state index in [4.69, 9.17) is 21.1 Å². The first-order valence-electron chi connectivity index (χ1n) is 9.98. The van der Waals surface area contributed by atoms with E-state index < -0.39 is 17.8 Å². The molecule has 0 radical (unpaired) electrons. The number of carbonyl (C=O) groups is 3. The zero-order valence-corrected chi connectivity index (χ0v) is 18.3. The zero-order chi connectivity index (χ0) is 23.4. The van der Waals surface area contributed by atoms with Crippen molar-refractivity contribution < 1.29 is 23.9 Å². The van der Waals surface area contributed by atoms with Crippen LogP contribution in [-0.4, -0.2) is 25.0 Å². The molecule has 4 amide bonds. The topological polar surface area (TPSA) is 84.9 Å². The molecule has 3 aromatic rings. The Morgan fingerprint density at radius 2 is 1.64 bits per heavy atom. The maximum atomic E-state index is 13.1. The number of benzene rings is 3. The summed E-state index contributed by atoms with van der Waals surface area (Å²) in [5.74, 6) is -0.496. The number of rotatable bonds is 6. The van der Waals surface area contributed by atoms with E-state index in [0.29, 0.717) is 27.8 Å². The first-order valence-corrected chi connectivity index (χ1v) is 10.4. The Balaban J connectivity index is 1.63. The van der Waals surface area contributed by atoms with E-state index in [0.717, 1.165) is 10.5 Å². The van der Waals surface area contributed by atoms with Crippen molar-refractivity contribution in [3.05, 3.63) is 94.5 Å². The molecular formula is C25H19ClN2O5. The van der Waals surface area contributed by atoms with Crippen LogP contribution in [0.1, 0.15) is 11.1 Å². The van der Waals surface area contributed by atoms with E-state index in [1.807, 2.05) is 18.2 Å². The van der Waals surface area contributed by atoms with E-state index in [2.05, 4.69) is 5.32 Å². The number of anilines is 1. The van der Waals surface area contributed by atoms with Gasteiger partial charge in [-0.2, -0.15) is 0 Å². The molecule has 0 atom stereocenters. The molecule has 1 heterocycles. The van der Waals surface area contributed by atoms with Crippen molar-refractivity contribution in [2.75, 3.05) is 12.0 Å². The largest absolute Gasteiger partial charge is 0.497 e. The number of amides is 4. The Morgan fingerprint density at radius 3 is 2.36 bits per heavy atom. The highest BCUT2D eigenvalue weighted by atomic mass is 35.5. The second kappa shape index (κ2) is 9.58. The molecular weight excluding hydrogens is 444 g/mol. The van der Waals surface area contributed by atoms with Crippen LogP contribution < -0.4 is 19.7 Å². The van der Waals surface area contributed by atoms with Gasteiger partial charge >= 0.3 is 6.03 Å². The normalized spacial score (nSPS) is 14.9. The molecule has 166 valence electrons. The predicted molar refractivity (Wildman–Crippen MR) is 124 cm³/mol. The Bertz CT molecular complexity index is 1250. The lowest BCUT2D eigenvalue weighted by Crippen LogP contribution is -2.54. The van der Waals surface area contributed by atoms with Gasteiger partial charge in [0, 0.05) is 16.1 Å². The summed E-state index contributed by atoms with van der Waals surface area (Å²) in [6.45, 7) is 0.205. The molecule has 1 aliphatic heterocycles. The fourth-order valence-corrected chi connectivity index (χ4v) is 3.47.